The maximum Gasteiger partial charge on any atom is 0.325 e. The Morgan fingerprint density at radius 1 is 1.52 bits per heavy atom. The summed E-state index contributed by atoms with van der Waals surface area (Å²) < 4.78 is 7.18. The monoisotopic (exact) mass is 292 g/mol. The minimum absolute atomic E-state index is 0.159. The van der Waals surface area contributed by atoms with Gasteiger partial charge in [-0.05, 0) is 26.2 Å². The van der Waals surface area contributed by atoms with Gasteiger partial charge in [0, 0.05) is 38.1 Å². The molecule has 0 radical (unpaired) electrons. The van der Waals surface area contributed by atoms with E-state index in [4.69, 9.17) is 4.74 Å². The predicted octanol–water partition coefficient (Wildman–Crippen LogP) is 0.772. The molecule has 21 heavy (non-hydrogen) atoms. The fourth-order valence-electron chi connectivity index (χ4n) is 2.93. The number of ether oxygens (including phenoxy) is 1. The zero-order valence-corrected chi connectivity index (χ0v) is 12.8. The molecule has 0 spiro atoms. The van der Waals surface area contributed by atoms with Gasteiger partial charge in [-0.25, -0.2) is 4.98 Å². The number of fused-ring (bicyclic) bond motifs is 1. The summed E-state index contributed by atoms with van der Waals surface area (Å²) in [5.74, 6) is 0.948. The van der Waals surface area contributed by atoms with E-state index in [-0.39, 0.29) is 5.97 Å². The van der Waals surface area contributed by atoms with Gasteiger partial charge >= 0.3 is 5.97 Å². The highest BCUT2D eigenvalue weighted by atomic mass is 16.5. The van der Waals surface area contributed by atoms with Gasteiger partial charge in [-0.3, -0.25) is 15.0 Å². The highest BCUT2D eigenvalue weighted by Crippen LogP contribution is 2.25. The first kappa shape index (κ1) is 14.5. The number of imidazole rings is 1. The van der Waals surface area contributed by atoms with Crippen molar-refractivity contribution in [1.82, 2.24) is 19.8 Å². The Labute approximate surface area is 125 Å². The lowest BCUT2D eigenvalue weighted by Gasteiger charge is -2.33. The first-order chi connectivity index (χ1) is 10.1. The van der Waals surface area contributed by atoms with Crippen molar-refractivity contribution in [1.29, 1.82) is 0 Å². The summed E-state index contributed by atoms with van der Waals surface area (Å²) in [5.41, 5.74) is -0.581. The molecule has 1 fully saturated rings. The molecule has 1 saturated carbocycles. The number of carbonyl (C=O) groups is 1. The van der Waals surface area contributed by atoms with Gasteiger partial charge in [0.25, 0.3) is 0 Å². The smallest absolute Gasteiger partial charge is 0.325 e. The lowest BCUT2D eigenvalue weighted by Crippen LogP contribution is -2.53. The van der Waals surface area contributed by atoms with Crippen LogP contribution in [0.15, 0.2) is 12.4 Å². The standard InChI is InChI=1S/C15H24N4O2/c1-15(14(20)21-2,17-12-3-4-12)5-7-18-9-10-19-8-6-16-13(19)11-18/h6,8,12,17H,3-5,7,9-11H2,1-2H3. The molecule has 0 bridgehead atoms. The summed E-state index contributed by atoms with van der Waals surface area (Å²) in [4.78, 5) is 18.8. The summed E-state index contributed by atoms with van der Waals surface area (Å²) in [6.45, 7) is 5.66. The molecule has 6 nitrogen and oxygen atoms in total. The van der Waals surface area contributed by atoms with Crippen molar-refractivity contribution >= 4 is 5.97 Å². The third-order valence-electron chi connectivity index (χ3n) is 4.49. The van der Waals surface area contributed by atoms with Gasteiger partial charge in [0.05, 0.1) is 13.7 Å². The molecule has 1 aromatic rings. The van der Waals surface area contributed by atoms with E-state index < -0.39 is 5.54 Å². The van der Waals surface area contributed by atoms with Crippen LogP contribution in [0.25, 0.3) is 0 Å². The Hall–Kier alpha value is -1.40. The Morgan fingerprint density at radius 3 is 3.05 bits per heavy atom. The highest BCUT2D eigenvalue weighted by molar-refractivity contribution is 5.80. The summed E-state index contributed by atoms with van der Waals surface area (Å²) in [6.07, 6.45) is 6.96. The second-order valence-corrected chi connectivity index (χ2v) is 6.31. The number of hydrogen-bond acceptors (Lipinski definition) is 5. The van der Waals surface area contributed by atoms with Crippen molar-refractivity contribution in [2.75, 3.05) is 20.2 Å². The Bertz CT molecular complexity index is 512. The number of carbonyl (C=O) groups excluding carboxylic acids is 1. The van der Waals surface area contributed by atoms with Gasteiger partial charge in [-0.2, -0.15) is 0 Å². The van der Waals surface area contributed by atoms with Gasteiger partial charge < -0.3 is 9.30 Å². The summed E-state index contributed by atoms with van der Waals surface area (Å²) in [6, 6.07) is 0.481. The Kier molecular flexibility index (Phi) is 3.99. The SMILES string of the molecule is COC(=O)C(C)(CCN1CCn2ccnc2C1)NC1CC1. The van der Waals surface area contributed by atoms with Gasteiger partial charge in [0.1, 0.15) is 11.4 Å². The molecule has 2 aliphatic rings. The van der Waals surface area contributed by atoms with Crippen molar-refractivity contribution in [3.63, 3.8) is 0 Å². The molecule has 116 valence electrons. The molecule has 6 heteroatoms. The molecule has 0 saturated heterocycles. The third-order valence-corrected chi connectivity index (χ3v) is 4.49. The summed E-state index contributed by atoms with van der Waals surface area (Å²) in [7, 11) is 1.47. The summed E-state index contributed by atoms with van der Waals surface area (Å²) in [5, 5.41) is 3.45. The highest BCUT2D eigenvalue weighted by Gasteiger charge is 2.39. The molecule has 1 aliphatic carbocycles. The number of nitrogens with one attached hydrogen (secondary N) is 1. The van der Waals surface area contributed by atoms with E-state index in [1.54, 1.807) is 0 Å². The van der Waals surface area contributed by atoms with E-state index in [0.717, 1.165) is 51.3 Å². The zero-order chi connectivity index (χ0) is 14.9. The van der Waals surface area contributed by atoms with Crippen LogP contribution in [0.1, 0.15) is 32.0 Å². The number of rotatable bonds is 6. The fourth-order valence-corrected chi connectivity index (χ4v) is 2.93. The van der Waals surface area contributed by atoms with Crippen LogP contribution in [0.2, 0.25) is 0 Å². The maximum absolute atomic E-state index is 12.1. The van der Waals surface area contributed by atoms with E-state index >= 15 is 0 Å². The van der Waals surface area contributed by atoms with Crippen LogP contribution in [0.5, 0.6) is 0 Å². The van der Waals surface area contributed by atoms with E-state index in [1.165, 1.54) is 7.11 Å². The second-order valence-electron chi connectivity index (χ2n) is 6.31. The van der Waals surface area contributed by atoms with Crippen molar-refractivity contribution in [3.05, 3.63) is 18.2 Å². The van der Waals surface area contributed by atoms with Crippen molar-refractivity contribution in [2.45, 2.75) is 50.9 Å². The Morgan fingerprint density at radius 2 is 2.33 bits per heavy atom. The molecule has 1 unspecified atom stereocenters. The van der Waals surface area contributed by atoms with Crippen LogP contribution in [-0.4, -0.2) is 52.2 Å². The van der Waals surface area contributed by atoms with Crippen LogP contribution in [0, 0.1) is 0 Å². The number of nitrogens with zero attached hydrogens (tertiary/aromatic N) is 3. The normalized spacial score (nSPS) is 21.6. The molecule has 0 aromatic carbocycles. The molecule has 2 heterocycles. The molecule has 1 aliphatic heterocycles. The lowest BCUT2D eigenvalue weighted by molar-refractivity contribution is -0.148. The van der Waals surface area contributed by atoms with Crippen LogP contribution in [-0.2, 0) is 22.6 Å². The van der Waals surface area contributed by atoms with Crippen LogP contribution in [0.4, 0.5) is 0 Å². The fraction of sp³-hybridized carbons (Fsp3) is 0.733. The van der Waals surface area contributed by atoms with E-state index in [0.29, 0.717) is 6.04 Å². The second kappa shape index (κ2) is 5.77. The van der Waals surface area contributed by atoms with Gasteiger partial charge in [0.2, 0.25) is 0 Å². The maximum atomic E-state index is 12.1. The average Bonchev–Trinajstić information content (AvgIpc) is 3.17. The first-order valence-corrected chi connectivity index (χ1v) is 7.69. The predicted molar refractivity (Wildman–Crippen MR) is 78.7 cm³/mol. The molecule has 1 N–H and O–H groups in total. The minimum atomic E-state index is -0.581. The average molecular weight is 292 g/mol. The van der Waals surface area contributed by atoms with E-state index in [1.807, 2.05) is 19.3 Å². The number of aromatic nitrogens is 2. The number of hydrogen-bond donors (Lipinski definition) is 1. The van der Waals surface area contributed by atoms with Crippen LogP contribution in [0.3, 0.4) is 0 Å². The third kappa shape index (κ3) is 3.27. The number of esters is 1. The first-order valence-electron chi connectivity index (χ1n) is 7.69. The van der Waals surface area contributed by atoms with E-state index in [2.05, 4.69) is 19.8 Å². The largest absolute Gasteiger partial charge is 0.468 e. The van der Waals surface area contributed by atoms with E-state index in [9.17, 15) is 4.79 Å². The van der Waals surface area contributed by atoms with Crippen LogP contribution < -0.4 is 5.32 Å². The van der Waals surface area contributed by atoms with Crippen molar-refractivity contribution < 1.29 is 9.53 Å². The van der Waals surface area contributed by atoms with Crippen molar-refractivity contribution in [2.24, 2.45) is 0 Å². The summed E-state index contributed by atoms with van der Waals surface area (Å²) >= 11 is 0. The number of methoxy groups -OCH3 is 1. The zero-order valence-electron chi connectivity index (χ0n) is 12.8. The molecule has 1 aromatic heterocycles. The topological polar surface area (TPSA) is 59.4 Å². The molecular weight excluding hydrogens is 268 g/mol. The minimum Gasteiger partial charge on any atom is -0.468 e. The lowest BCUT2D eigenvalue weighted by atomic mass is 9.97. The van der Waals surface area contributed by atoms with Gasteiger partial charge in [-0.15, -0.1) is 0 Å². The quantitative estimate of drug-likeness (QED) is 0.785. The van der Waals surface area contributed by atoms with Gasteiger partial charge in [-0.1, -0.05) is 0 Å². The Balaban J connectivity index is 1.58. The van der Waals surface area contributed by atoms with Crippen LogP contribution >= 0.6 is 0 Å². The molecule has 0 amide bonds. The van der Waals surface area contributed by atoms with Gasteiger partial charge in [0.15, 0.2) is 0 Å². The molecule has 3 rings (SSSR count). The van der Waals surface area contributed by atoms with Crippen molar-refractivity contribution in [3.8, 4) is 0 Å². The molecule has 1 atom stereocenters. The molecular formula is C15H24N4O2.